The lowest BCUT2D eigenvalue weighted by Gasteiger charge is -2.29. The first kappa shape index (κ1) is 39.0. The molecule has 0 aliphatic rings. The van der Waals surface area contributed by atoms with Crippen molar-refractivity contribution in [3.63, 3.8) is 0 Å². The second kappa shape index (κ2) is 15.6. The van der Waals surface area contributed by atoms with Crippen LogP contribution < -0.4 is 10.9 Å². The molecular formula is C49H63B. The summed E-state index contributed by atoms with van der Waals surface area (Å²) in [5, 5.41) is 0. The molecule has 0 unspecified atom stereocenters. The van der Waals surface area contributed by atoms with E-state index in [9.17, 15) is 0 Å². The van der Waals surface area contributed by atoms with Crippen LogP contribution >= 0.6 is 0 Å². The molecule has 0 atom stereocenters. The van der Waals surface area contributed by atoms with Crippen LogP contribution in [0.3, 0.4) is 0 Å². The normalized spacial score (nSPS) is 13.5. The molecule has 0 N–H and O–H groups in total. The predicted molar refractivity (Wildman–Crippen MR) is 224 cm³/mol. The Kier molecular flexibility index (Phi) is 12.1. The molecule has 0 heterocycles. The molecule has 0 spiro atoms. The maximum atomic E-state index is 2.52. The summed E-state index contributed by atoms with van der Waals surface area (Å²) in [6, 6.07) is 32.6. The maximum absolute atomic E-state index is 2.52. The average Bonchev–Trinajstić information content (AvgIpc) is 3.02. The topological polar surface area (TPSA) is 0 Å². The van der Waals surface area contributed by atoms with Crippen molar-refractivity contribution in [2.75, 3.05) is 0 Å². The number of rotatable bonds is 9. The van der Waals surface area contributed by atoms with Gasteiger partial charge >= 0.3 is 0 Å². The molecule has 0 aliphatic carbocycles. The highest BCUT2D eigenvalue weighted by atomic mass is 14.2. The minimum absolute atomic E-state index is 0.0452. The van der Waals surface area contributed by atoms with Gasteiger partial charge in [-0.3, -0.25) is 0 Å². The van der Waals surface area contributed by atoms with E-state index < -0.39 is 0 Å². The van der Waals surface area contributed by atoms with Crippen molar-refractivity contribution < 1.29 is 0 Å². The number of benzene rings is 4. The van der Waals surface area contributed by atoms with Crippen LogP contribution in [0, 0.1) is 20.8 Å². The van der Waals surface area contributed by atoms with Gasteiger partial charge in [-0.2, -0.15) is 0 Å². The van der Waals surface area contributed by atoms with Crippen molar-refractivity contribution in [2.24, 2.45) is 0 Å². The summed E-state index contributed by atoms with van der Waals surface area (Å²) in [5.41, 5.74) is 18.0. The van der Waals surface area contributed by atoms with Crippen LogP contribution in [0.4, 0.5) is 0 Å². The first-order valence-corrected chi connectivity index (χ1v) is 18.7. The van der Waals surface area contributed by atoms with Crippen LogP contribution in [0.5, 0.6) is 0 Å². The zero-order chi connectivity index (χ0) is 37.0. The summed E-state index contributed by atoms with van der Waals surface area (Å²) in [7, 11) is 0. The fourth-order valence-electron chi connectivity index (χ4n) is 6.96. The first-order valence-electron chi connectivity index (χ1n) is 18.7. The van der Waals surface area contributed by atoms with E-state index >= 15 is 0 Å². The molecular weight excluding hydrogens is 599 g/mol. The van der Waals surface area contributed by atoms with Crippen LogP contribution in [0.15, 0.2) is 120 Å². The van der Waals surface area contributed by atoms with Gasteiger partial charge in [-0.05, 0) is 103 Å². The van der Waals surface area contributed by atoms with Gasteiger partial charge in [0.25, 0.3) is 0 Å². The smallest absolute Gasteiger partial charge is 0.0874 e. The molecule has 0 radical (unpaired) electrons. The molecule has 0 saturated carbocycles. The summed E-state index contributed by atoms with van der Waals surface area (Å²) in [6.07, 6.45) is 8.75. The Morgan fingerprint density at radius 2 is 1.06 bits per heavy atom. The SMILES string of the molecule is C/C=C/C(=C\C(C)=C(/Cc1ccc(C(C)(C)C)cc1)B(c1cc(C(C)(C)C)ccc1C)c1cc(C(C)(C)C)ccc1C)Cc1ccccc1C. The Morgan fingerprint density at radius 1 is 0.580 bits per heavy atom. The van der Waals surface area contributed by atoms with Gasteiger partial charge in [-0.1, -0.05) is 199 Å². The van der Waals surface area contributed by atoms with E-state index in [1.807, 2.05) is 0 Å². The minimum Gasteiger partial charge on any atom is -0.0874 e. The van der Waals surface area contributed by atoms with Crippen LogP contribution in [-0.2, 0) is 29.1 Å². The molecule has 50 heavy (non-hydrogen) atoms. The molecule has 262 valence electrons. The van der Waals surface area contributed by atoms with Crippen molar-refractivity contribution >= 4 is 17.6 Å². The Labute approximate surface area is 306 Å². The van der Waals surface area contributed by atoms with Crippen molar-refractivity contribution in [3.05, 3.63) is 164 Å². The third kappa shape index (κ3) is 9.69. The number of hydrogen-bond acceptors (Lipinski definition) is 0. The van der Waals surface area contributed by atoms with E-state index in [4.69, 9.17) is 0 Å². The quantitative estimate of drug-likeness (QED) is 0.124. The minimum atomic E-state index is 0.0452. The summed E-state index contributed by atoms with van der Waals surface area (Å²) >= 11 is 0. The highest BCUT2D eigenvalue weighted by Gasteiger charge is 2.31. The summed E-state index contributed by atoms with van der Waals surface area (Å²) in [6.45, 7) is 32.3. The summed E-state index contributed by atoms with van der Waals surface area (Å²) in [5.74, 6) is 0. The zero-order valence-corrected chi connectivity index (χ0v) is 33.8. The lowest BCUT2D eigenvalue weighted by atomic mass is 9.33. The zero-order valence-electron chi connectivity index (χ0n) is 33.8. The third-order valence-electron chi connectivity index (χ3n) is 10.4. The van der Waals surface area contributed by atoms with E-state index in [0.29, 0.717) is 0 Å². The van der Waals surface area contributed by atoms with Gasteiger partial charge in [0.05, 0.1) is 0 Å². The Morgan fingerprint density at radius 3 is 1.52 bits per heavy atom. The van der Waals surface area contributed by atoms with Crippen molar-refractivity contribution in [3.8, 4) is 0 Å². The number of hydrogen-bond donors (Lipinski definition) is 0. The molecule has 0 aliphatic heterocycles. The van der Waals surface area contributed by atoms with Gasteiger partial charge in [-0.25, -0.2) is 0 Å². The monoisotopic (exact) mass is 663 g/mol. The maximum Gasteiger partial charge on any atom is 0.238 e. The fraction of sp³-hybridized carbons (Fsp3) is 0.388. The van der Waals surface area contributed by atoms with Gasteiger partial charge in [0.2, 0.25) is 6.71 Å². The van der Waals surface area contributed by atoms with E-state index in [-0.39, 0.29) is 23.0 Å². The summed E-state index contributed by atoms with van der Waals surface area (Å²) in [4.78, 5) is 0. The van der Waals surface area contributed by atoms with Gasteiger partial charge in [-0.15, -0.1) is 0 Å². The van der Waals surface area contributed by atoms with Gasteiger partial charge in [0, 0.05) is 0 Å². The van der Waals surface area contributed by atoms with Crippen LogP contribution in [0.1, 0.15) is 121 Å². The third-order valence-corrected chi connectivity index (χ3v) is 10.4. The van der Waals surface area contributed by atoms with Crippen LogP contribution in [-0.4, -0.2) is 6.71 Å². The molecule has 0 bridgehead atoms. The predicted octanol–water partition coefficient (Wildman–Crippen LogP) is 12.0. The molecule has 0 fully saturated rings. The second-order valence-corrected chi connectivity index (χ2v) is 17.7. The first-order chi connectivity index (χ1) is 23.3. The van der Waals surface area contributed by atoms with Crippen molar-refractivity contribution in [1.82, 2.24) is 0 Å². The molecule has 4 aromatic rings. The molecule has 0 saturated heterocycles. The molecule has 0 aromatic heterocycles. The van der Waals surface area contributed by atoms with Gasteiger partial charge in [0.15, 0.2) is 0 Å². The molecule has 0 nitrogen and oxygen atoms in total. The Bertz CT molecular complexity index is 1810. The molecule has 4 aromatic carbocycles. The van der Waals surface area contributed by atoms with E-state index in [0.717, 1.165) is 12.8 Å². The number of allylic oxidation sites excluding steroid dienone is 6. The van der Waals surface area contributed by atoms with Crippen molar-refractivity contribution in [1.29, 1.82) is 0 Å². The molecule has 1 heteroatoms. The lowest BCUT2D eigenvalue weighted by Crippen LogP contribution is -2.48. The number of aryl methyl sites for hydroxylation is 3. The fourth-order valence-corrected chi connectivity index (χ4v) is 6.96. The highest BCUT2D eigenvalue weighted by molar-refractivity contribution is 6.91. The van der Waals surface area contributed by atoms with Gasteiger partial charge < -0.3 is 0 Å². The van der Waals surface area contributed by atoms with E-state index in [1.54, 1.807) is 0 Å². The summed E-state index contributed by atoms with van der Waals surface area (Å²) < 4.78 is 0. The van der Waals surface area contributed by atoms with Crippen LogP contribution in [0.25, 0.3) is 0 Å². The van der Waals surface area contributed by atoms with Crippen LogP contribution in [0.2, 0.25) is 0 Å². The largest absolute Gasteiger partial charge is 0.238 e. The molecule has 4 rings (SSSR count). The van der Waals surface area contributed by atoms with Crippen molar-refractivity contribution in [2.45, 2.75) is 126 Å². The highest BCUT2D eigenvalue weighted by Crippen LogP contribution is 2.29. The van der Waals surface area contributed by atoms with E-state index in [2.05, 4.69) is 200 Å². The molecule has 0 amide bonds. The Balaban J connectivity index is 2.09. The lowest BCUT2D eigenvalue weighted by molar-refractivity contribution is 0.590. The van der Waals surface area contributed by atoms with E-state index in [1.165, 1.54) is 72.1 Å². The second-order valence-electron chi connectivity index (χ2n) is 17.7. The Hall–Kier alpha value is -3.84. The van der Waals surface area contributed by atoms with Gasteiger partial charge in [0.1, 0.15) is 0 Å². The average molecular weight is 663 g/mol. The standard InChI is InChI=1S/C49H63B/c1-15-18-39(30-40-20-17-16-19-34(40)2)29-37(5)44(31-38-23-27-41(28-24-38)47(6,7)8)50(45-32-42(48(9,10)11)25-21-35(45)3)46-33-43(49(12,13)14)26-22-36(46)4/h15-29,32-33H,30-31H2,1-14H3/b18-15+,39-29+,44-37+.